The van der Waals surface area contributed by atoms with Crippen molar-refractivity contribution >= 4 is 50.8 Å². The molecule has 0 unspecified atom stereocenters. The minimum Gasteiger partial charge on any atom is -0.496 e. The summed E-state index contributed by atoms with van der Waals surface area (Å²) in [6, 6.07) is 9.40. The molecule has 8 nitrogen and oxygen atoms in total. The Morgan fingerprint density at radius 3 is 2.42 bits per heavy atom. The smallest absolute Gasteiger partial charge is 0.325 e. The number of anilines is 1. The molecule has 4 aromatic rings. The molecule has 1 fully saturated rings. The largest absolute Gasteiger partial charge is 0.496 e. The van der Waals surface area contributed by atoms with Gasteiger partial charge in [-0.25, -0.2) is 4.98 Å². The van der Waals surface area contributed by atoms with Gasteiger partial charge in [0.15, 0.2) is 5.13 Å². The number of nitrogens with one attached hydrogen (secondary N) is 1. The summed E-state index contributed by atoms with van der Waals surface area (Å²) in [4.78, 5) is 32.1. The van der Waals surface area contributed by atoms with Crippen LogP contribution in [0.4, 0.5) is 5.13 Å². The maximum atomic E-state index is 13.8. The number of methoxy groups -OCH3 is 3. The van der Waals surface area contributed by atoms with Crippen LogP contribution < -0.4 is 14.8 Å². The summed E-state index contributed by atoms with van der Waals surface area (Å²) >= 11 is 7.88. The number of hydrogen-bond acceptors (Lipinski definition) is 7. The molecule has 0 spiro atoms. The fourth-order valence-electron chi connectivity index (χ4n) is 5.88. The lowest BCUT2D eigenvalue weighted by Crippen LogP contribution is -2.20. The number of aromatic nitrogens is 2. The van der Waals surface area contributed by atoms with E-state index in [9.17, 15) is 9.59 Å². The number of halogens is 1. The van der Waals surface area contributed by atoms with Crippen LogP contribution >= 0.6 is 22.9 Å². The summed E-state index contributed by atoms with van der Waals surface area (Å²) in [6.07, 6.45) is 8.26. The molecule has 0 saturated heterocycles. The van der Waals surface area contributed by atoms with Crippen LogP contribution in [0.1, 0.15) is 65.0 Å². The average Bonchev–Trinajstić information content (AvgIpc) is 3.57. The molecule has 1 aliphatic carbocycles. The minimum absolute atomic E-state index is 0.0806. The predicted molar refractivity (Wildman–Crippen MR) is 172 cm³/mol. The van der Waals surface area contributed by atoms with E-state index in [0.717, 1.165) is 51.0 Å². The quantitative estimate of drug-likeness (QED) is 0.180. The van der Waals surface area contributed by atoms with Gasteiger partial charge >= 0.3 is 5.97 Å². The Balaban J connectivity index is 1.53. The third-order valence-corrected chi connectivity index (χ3v) is 9.74. The summed E-state index contributed by atoms with van der Waals surface area (Å²) in [7, 11) is 4.52. The fourth-order valence-corrected chi connectivity index (χ4v) is 7.10. The Morgan fingerprint density at radius 2 is 1.72 bits per heavy atom. The van der Waals surface area contributed by atoms with E-state index < -0.39 is 5.97 Å². The Kier molecular flexibility index (Phi) is 9.62. The van der Waals surface area contributed by atoms with Crippen molar-refractivity contribution in [2.45, 2.75) is 65.3 Å². The van der Waals surface area contributed by atoms with Crippen molar-refractivity contribution in [3.8, 4) is 22.8 Å². The van der Waals surface area contributed by atoms with Crippen molar-refractivity contribution in [3.63, 3.8) is 0 Å². The molecule has 5 rings (SSSR count). The van der Waals surface area contributed by atoms with E-state index in [1.807, 2.05) is 38.1 Å². The van der Waals surface area contributed by atoms with Crippen molar-refractivity contribution in [3.05, 3.63) is 57.1 Å². The first-order valence-corrected chi connectivity index (χ1v) is 15.8. The summed E-state index contributed by atoms with van der Waals surface area (Å²) in [5, 5.41) is 4.81. The molecular formula is C33H38ClN3O5S. The molecule has 228 valence electrons. The Hall–Kier alpha value is -3.56. The van der Waals surface area contributed by atoms with Gasteiger partial charge in [0.25, 0.3) is 5.91 Å². The number of aryl methyl sites for hydroxylation is 3. The van der Waals surface area contributed by atoms with Crippen LogP contribution in [-0.2, 0) is 22.5 Å². The summed E-state index contributed by atoms with van der Waals surface area (Å²) in [6.45, 7) is 3.96. The number of rotatable bonds is 10. The van der Waals surface area contributed by atoms with Crippen molar-refractivity contribution in [1.29, 1.82) is 0 Å². The first-order chi connectivity index (χ1) is 20.7. The van der Waals surface area contributed by atoms with E-state index in [1.165, 1.54) is 50.6 Å². The topological polar surface area (TPSA) is 91.7 Å². The summed E-state index contributed by atoms with van der Waals surface area (Å²) in [5.74, 6) is 0.999. The predicted octanol–water partition coefficient (Wildman–Crippen LogP) is 7.99. The molecule has 2 heterocycles. The maximum Gasteiger partial charge on any atom is 0.325 e. The average molecular weight is 624 g/mol. The number of esters is 1. The van der Waals surface area contributed by atoms with Crippen molar-refractivity contribution < 1.29 is 23.8 Å². The Labute approximate surface area is 261 Å². The first-order valence-electron chi connectivity index (χ1n) is 14.6. The van der Waals surface area contributed by atoms with Gasteiger partial charge in [-0.05, 0) is 68.0 Å². The van der Waals surface area contributed by atoms with Crippen LogP contribution in [0.15, 0.2) is 30.3 Å². The van der Waals surface area contributed by atoms with Gasteiger partial charge in [-0.1, -0.05) is 43.7 Å². The molecule has 0 bridgehead atoms. The molecule has 2 aromatic carbocycles. The van der Waals surface area contributed by atoms with Crippen LogP contribution in [0.2, 0.25) is 5.02 Å². The molecular weight excluding hydrogens is 586 g/mol. The standard InChI is InChI=1S/C33H38ClN3O5S/c1-19-13-22-15-26(37(18-30(38)42-5)25(22)14-20(19)2)32(39)36-33-35-31(23-16-28(41-4)24(34)17-27(23)40-3)29(43-33)12-11-21-9-7-6-8-10-21/h13-17,21H,6-12,18H2,1-5H3,(H,35,36,39). The zero-order chi connectivity index (χ0) is 30.7. The van der Waals surface area contributed by atoms with E-state index in [-0.39, 0.29) is 12.5 Å². The summed E-state index contributed by atoms with van der Waals surface area (Å²) < 4.78 is 17.8. The molecule has 43 heavy (non-hydrogen) atoms. The number of amides is 1. The third-order valence-electron chi connectivity index (χ3n) is 8.42. The number of nitrogens with zero attached hydrogens (tertiary/aromatic N) is 2. The van der Waals surface area contributed by atoms with Gasteiger partial charge in [0.2, 0.25) is 0 Å². The van der Waals surface area contributed by atoms with Gasteiger partial charge in [-0.3, -0.25) is 14.9 Å². The zero-order valence-corrected chi connectivity index (χ0v) is 26.9. The normalized spacial score (nSPS) is 13.7. The van der Waals surface area contributed by atoms with Crippen LogP contribution in [0.5, 0.6) is 11.5 Å². The molecule has 1 N–H and O–H groups in total. The van der Waals surface area contributed by atoms with E-state index in [1.54, 1.807) is 24.9 Å². The van der Waals surface area contributed by atoms with E-state index in [2.05, 4.69) is 5.32 Å². The SMILES string of the molecule is COC(=O)Cn1c(C(=O)Nc2nc(-c3cc(OC)c(Cl)cc3OC)c(CCC3CCCCC3)s2)cc2cc(C)c(C)cc21. The Morgan fingerprint density at radius 1 is 1.00 bits per heavy atom. The highest BCUT2D eigenvalue weighted by molar-refractivity contribution is 7.16. The van der Waals surface area contributed by atoms with Gasteiger partial charge < -0.3 is 18.8 Å². The highest BCUT2D eigenvalue weighted by Crippen LogP contribution is 2.43. The Bertz CT molecular complexity index is 1650. The third kappa shape index (κ3) is 6.68. The van der Waals surface area contributed by atoms with Gasteiger partial charge in [-0.15, -0.1) is 11.3 Å². The van der Waals surface area contributed by atoms with E-state index in [0.29, 0.717) is 33.3 Å². The highest BCUT2D eigenvalue weighted by Gasteiger charge is 2.24. The van der Waals surface area contributed by atoms with Crippen LogP contribution in [0, 0.1) is 19.8 Å². The number of hydrogen-bond donors (Lipinski definition) is 1. The molecule has 10 heteroatoms. The minimum atomic E-state index is -0.435. The lowest BCUT2D eigenvalue weighted by Gasteiger charge is -2.21. The number of carbonyl (C=O) groups is 2. The maximum absolute atomic E-state index is 13.8. The van der Waals surface area contributed by atoms with Gasteiger partial charge in [0.1, 0.15) is 23.7 Å². The van der Waals surface area contributed by atoms with Gasteiger partial charge in [0.05, 0.1) is 32.0 Å². The van der Waals surface area contributed by atoms with Crippen molar-refractivity contribution in [2.75, 3.05) is 26.6 Å². The van der Waals surface area contributed by atoms with Gasteiger partial charge in [0, 0.05) is 27.4 Å². The van der Waals surface area contributed by atoms with Crippen molar-refractivity contribution in [1.82, 2.24) is 9.55 Å². The lowest BCUT2D eigenvalue weighted by atomic mass is 9.86. The van der Waals surface area contributed by atoms with E-state index >= 15 is 0 Å². The number of benzene rings is 2. The first kappa shape index (κ1) is 30.9. The highest BCUT2D eigenvalue weighted by atomic mass is 35.5. The number of carbonyl (C=O) groups excluding carboxylic acids is 2. The monoisotopic (exact) mass is 623 g/mol. The molecule has 1 aliphatic rings. The number of thiazole rings is 1. The molecule has 0 radical (unpaired) electrons. The second kappa shape index (κ2) is 13.4. The molecule has 0 aliphatic heterocycles. The molecule has 1 saturated carbocycles. The second-order valence-electron chi connectivity index (χ2n) is 11.2. The summed E-state index contributed by atoms with van der Waals surface area (Å²) in [5.41, 5.74) is 4.83. The lowest BCUT2D eigenvalue weighted by molar-refractivity contribution is -0.141. The van der Waals surface area contributed by atoms with Crippen LogP contribution in [0.25, 0.3) is 22.2 Å². The van der Waals surface area contributed by atoms with Gasteiger partial charge in [-0.2, -0.15) is 0 Å². The fraction of sp³-hybridized carbons (Fsp3) is 0.424. The van der Waals surface area contributed by atoms with Crippen LogP contribution in [-0.4, -0.2) is 42.8 Å². The number of fused-ring (bicyclic) bond motifs is 1. The second-order valence-corrected chi connectivity index (χ2v) is 12.7. The zero-order valence-electron chi connectivity index (χ0n) is 25.3. The van der Waals surface area contributed by atoms with Crippen LogP contribution in [0.3, 0.4) is 0 Å². The molecule has 0 atom stereocenters. The molecule has 1 amide bonds. The van der Waals surface area contributed by atoms with Crippen molar-refractivity contribution in [2.24, 2.45) is 5.92 Å². The number of ether oxygens (including phenoxy) is 3. The van der Waals surface area contributed by atoms with E-state index in [4.69, 9.17) is 30.8 Å². The molecule has 2 aromatic heterocycles.